The molecule has 5 heterocycles. The summed E-state index contributed by atoms with van der Waals surface area (Å²) in [5.41, 5.74) is 6.95. The average Bonchev–Trinajstić information content (AvgIpc) is 3.12. The van der Waals surface area contributed by atoms with Crippen LogP contribution < -0.4 is 21.1 Å². The van der Waals surface area contributed by atoms with Crippen LogP contribution in [0.2, 0.25) is 0 Å². The number of hydrogen-bond donors (Lipinski definition) is 2. The number of nitrogens with one attached hydrogen (secondary N) is 2. The van der Waals surface area contributed by atoms with E-state index in [0.29, 0.717) is 24.3 Å². The lowest BCUT2D eigenvalue weighted by molar-refractivity contribution is -0.134. The van der Waals surface area contributed by atoms with Gasteiger partial charge in [0.1, 0.15) is 0 Å². The fraction of sp³-hybridized carbons (Fsp3) is 0.525. The molecule has 1 unspecified atom stereocenters. The van der Waals surface area contributed by atoms with Crippen molar-refractivity contribution in [2.75, 3.05) is 56.5 Å². The normalized spacial score (nSPS) is 24.0. The van der Waals surface area contributed by atoms with Gasteiger partial charge < -0.3 is 20.0 Å². The van der Waals surface area contributed by atoms with Crippen LogP contribution in [-0.4, -0.2) is 89.7 Å². The maximum Gasteiger partial charge on any atom is 0.271 e. The quantitative estimate of drug-likeness (QED) is 0.366. The van der Waals surface area contributed by atoms with E-state index in [9.17, 15) is 19.2 Å². The third-order valence-electron chi connectivity index (χ3n) is 12.2. The highest BCUT2D eigenvalue weighted by Crippen LogP contribution is 2.43. The summed E-state index contributed by atoms with van der Waals surface area (Å²) in [6, 6.07) is 14.8. The molecule has 7 rings (SSSR count). The van der Waals surface area contributed by atoms with Crippen LogP contribution in [0.15, 0.2) is 53.5 Å². The van der Waals surface area contributed by atoms with Gasteiger partial charge in [-0.1, -0.05) is 18.2 Å². The first-order valence-corrected chi connectivity index (χ1v) is 18.5. The van der Waals surface area contributed by atoms with Gasteiger partial charge in [0.2, 0.25) is 11.8 Å². The lowest BCUT2D eigenvalue weighted by Crippen LogP contribution is -2.48. The van der Waals surface area contributed by atoms with Crippen molar-refractivity contribution in [2.45, 2.75) is 76.7 Å². The van der Waals surface area contributed by atoms with E-state index in [1.807, 2.05) is 24.0 Å². The standard InChI is InChI=1S/C40H51N7O4/c1-26-21-32(9-10-33(26)34-11-12-36(48)43-37(34)49)46-17-13-40(14-18-46)15-19-47(20-16-40)39(51)29-7-5-28(6-8-29)30-22-31(25-44(3)24-30)42-35-23-41-45(4)38(50)27(35)2/h5-10,21,23,30-31,34,42H,11-20,22,24-25H2,1-4H3,(H,43,48,49)/t30-,31+,34?/m1/s1. The number of carbonyl (C=O) groups excluding carboxylic acids is 3. The van der Waals surface area contributed by atoms with Gasteiger partial charge in [-0.2, -0.15) is 5.10 Å². The van der Waals surface area contributed by atoms with Crippen LogP contribution in [0.25, 0.3) is 0 Å². The molecule has 4 aliphatic rings. The van der Waals surface area contributed by atoms with Gasteiger partial charge in [0, 0.05) is 75.6 Å². The van der Waals surface area contributed by atoms with E-state index in [1.54, 1.807) is 13.2 Å². The highest BCUT2D eigenvalue weighted by Gasteiger charge is 2.39. The Morgan fingerprint density at radius 1 is 0.922 bits per heavy atom. The van der Waals surface area contributed by atoms with Crippen molar-refractivity contribution in [3.8, 4) is 0 Å². The molecule has 11 nitrogen and oxygen atoms in total. The topological polar surface area (TPSA) is 120 Å². The molecule has 2 N–H and O–H groups in total. The van der Waals surface area contributed by atoms with Crippen LogP contribution in [0.1, 0.15) is 89.4 Å². The predicted octanol–water partition coefficient (Wildman–Crippen LogP) is 4.34. The highest BCUT2D eigenvalue weighted by atomic mass is 16.2. The second-order valence-corrected chi connectivity index (χ2v) is 15.6. The first-order chi connectivity index (χ1) is 24.5. The number of carbonyl (C=O) groups is 3. The van der Waals surface area contributed by atoms with Gasteiger partial charge in [0.05, 0.1) is 17.8 Å². The minimum atomic E-state index is -0.260. The third kappa shape index (κ3) is 7.31. The van der Waals surface area contributed by atoms with Crippen molar-refractivity contribution in [3.63, 3.8) is 0 Å². The molecule has 3 atom stereocenters. The molecule has 0 aliphatic carbocycles. The molecule has 0 bridgehead atoms. The van der Waals surface area contributed by atoms with Crippen LogP contribution in [0.5, 0.6) is 0 Å². The Bertz CT molecular complexity index is 1850. The van der Waals surface area contributed by atoms with E-state index >= 15 is 0 Å². The molecule has 3 aromatic rings. The van der Waals surface area contributed by atoms with Crippen molar-refractivity contribution in [1.82, 2.24) is 24.9 Å². The zero-order chi connectivity index (χ0) is 35.9. The zero-order valence-electron chi connectivity index (χ0n) is 30.4. The van der Waals surface area contributed by atoms with Crippen LogP contribution in [0.3, 0.4) is 0 Å². The van der Waals surface area contributed by atoms with Crippen LogP contribution >= 0.6 is 0 Å². The number of rotatable bonds is 6. The van der Waals surface area contributed by atoms with E-state index in [-0.39, 0.29) is 40.7 Å². The van der Waals surface area contributed by atoms with Gasteiger partial charge >= 0.3 is 0 Å². The number of benzene rings is 2. The third-order valence-corrected chi connectivity index (χ3v) is 12.2. The van der Waals surface area contributed by atoms with E-state index in [2.05, 4.69) is 69.8 Å². The van der Waals surface area contributed by atoms with Crippen molar-refractivity contribution in [3.05, 3.63) is 86.8 Å². The van der Waals surface area contributed by atoms with Gasteiger partial charge in [0.25, 0.3) is 11.5 Å². The smallest absolute Gasteiger partial charge is 0.271 e. The van der Waals surface area contributed by atoms with E-state index < -0.39 is 0 Å². The number of imide groups is 1. The average molecular weight is 694 g/mol. The second kappa shape index (κ2) is 14.3. The number of aryl methyl sites for hydroxylation is 2. The first-order valence-electron chi connectivity index (χ1n) is 18.5. The molecule has 2 aromatic carbocycles. The summed E-state index contributed by atoms with van der Waals surface area (Å²) in [5.74, 6) is -0.194. The van der Waals surface area contributed by atoms with Crippen LogP contribution in [0, 0.1) is 19.3 Å². The Labute approximate surface area is 300 Å². The largest absolute Gasteiger partial charge is 0.379 e. The molecular formula is C40H51N7O4. The summed E-state index contributed by atoms with van der Waals surface area (Å²) < 4.78 is 1.36. The molecule has 1 aromatic heterocycles. The Morgan fingerprint density at radius 2 is 1.63 bits per heavy atom. The Morgan fingerprint density at radius 3 is 2.31 bits per heavy atom. The Kier molecular flexibility index (Phi) is 9.76. The van der Waals surface area contributed by atoms with E-state index in [0.717, 1.165) is 93.8 Å². The minimum Gasteiger partial charge on any atom is -0.379 e. The SMILES string of the molecule is Cc1cc(N2CCC3(CCN(C(=O)c4ccc([C@@H]5C[C@H](Nc6cnn(C)c(=O)c6C)CN(C)C5)cc4)CC3)CC2)ccc1C1CCC(=O)NC1=O. The highest BCUT2D eigenvalue weighted by molar-refractivity contribution is 6.01. The molecule has 51 heavy (non-hydrogen) atoms. The predicted molar refractivity (Wildman–Crippen MR) is 198 cm³/mol. The van der Waals surface area contributed by atoms with Gasteiger partial charge in [-0.15, -0.1) is 0 Å². The summed E-state index contributed by atoms with van der Waals surface area (Å²) in [6.45, 7) is 9.28. The van der Waals surface area contributed by atoms with E-state index in [4.69, 9.17) is 0 Å². The first kappa shape index (κ1) is 34.9. The van der Waals surface area contributed by atoms with Gasteiger partial charge in [-0.05, 0) is 112 Å². The molecule has 1 spiro atoms. The monoisotopic (exact) mass is 693 g/mol. The summed E-state index contributed by atoms with van der Waals surface area (Å²) in [5, 5.41) is 10.3. The second-order valence-electron chi connectivity index (χ2n) is 15.6. The minimum absolute atomic E-state index is 0.0852. The molecular weight excluding hydrogens is 642 g/mol. The number of likely N-dealkylation sites (N-methyl/N-ethyl adjacent to an activating group) is 1. The molecule has 4 saturated heterocycles. The number of nitrogens with zero attached hydrogens (tertiary/aromatic N) is 5. The molecule has 3 amide bonds. The molecule has 4 aliphatic heterocycles. The summed E-state index contributed by atoms with van der Waals surface area (Å²) >= 11 is 0. The number of piperidine rings is 4. The Balaban J connectivity index is 0.911. The van der Waals surface area contributed by atoms with Gasteiger partial charge in [-0.3, -0.25) is 24.5 Å². The number of likely N-dealkylation sites (tertiary alicyclic amines) is 2. The number of hydrogen-bond acceptors (Lipinski definition) is 8. The summed E-state index contributed by atoms with van der Waals surface area (Å²) in [7, 11) is 3.80. The maximum absolute atomic E-state index is 13.6. The fourth-order valence-corrected chi connectivity index (χ4v) is 8.92. The molecule has 0 saturated carbocycles. The maximum atomic E-state index is 13.6. The molecule has 0 radical (unpaired) electrons. The van der Waals surface area contributed by atoms with Crippen molar-refractivity contribution in [1.29, 1.82) is 0 Å². The van der Waals surface area contributed by atoms with E-state index in [1.165, 1.54) is 15.9 Å². The number of aromatic nitrogens is 2. The lowest BCUT2D eigenvalue weighted by atomic mass is 9.71. The van der Waals surface area contributed by atoms with Crippen molar-refractivity contribution >= 4 is 29.1 Å². The number of anilines is 2. The van der Waals surface area contributed by atoms with Crippen molar-refractivity contribution < 1.29 is 14.4 Å². The van der Waals surface area contributed by atoms with Gasteiger partial charge in [-0.25, -0.2) is 4.68 Å². The van der Waals surface area contributed by atoms with Crippen LogP contribution in [-0.2, 0) is 16.6 Å². The number of amides is 3. The molecule has 270 valence electrons. The summed E-state index contributed by atoms with van der Waals surface area (Å²) in [4.78, 5) is 56.9. The summed E-state index contributed by atoms with van der Waals surface area (Å²) in [6.07, 6.45) is 7.91. The van der Waals surface area contributed by atoms with Gasteiger partial charge in [0.15, 0.2) is 0 Å². The zero-order valence-corrected chi connectivity index (χ0v) is 30.4. The lowest BCUT2D eigenvalue weighted by Gasteiger charge is -2.47. The van der Waals surface area contributed by atoms with Crippen LogP contribution in [0.4, 0.5) is 11.4 Å². The molecule has 11 heteroatoms. The van der Waals surface area contributed by atoms with Crippen molar-refractivity contribution in [2.24, 2.45) is 12.5 Å². The molecule has 4 fully saturated rings. The Hall–Kier alpha value is -4.51. The fourth-order valence-electron chi connectivity index (χ4n) is 8.92.